The van der Waals surface area contributed by atoms with Crippen molar-refractivity contribution in [3.05, 3.63) is 23.3 Å². The first-order chi connectivity index (χ1) is 11.2. The molecule has 5 atom stereocenters. The Bertz CT molecular complexity index is 787. The van der Waals surface area contributed by atoms with E-state index in [0.29, 0.717) is 23.8 Å². The summed E-state index contributed by atoms with van der Waals surface area (Å²) in [7, 11) is -4.37. The molecular weight excluding hydrogens is 328 g/mol. The minimum absolute atomic E-state index is 0.0756. The number of aliphatic hydroxyl groups is 1. The molecule has 0 amide bonds. The molecule has 0 spiro atoms. The quantitative estimate of drug-likeness (QED) is 0.676. The van der Waals surface area contributed by atoms with Crippen molar-refractivity contribution in [2.45, 2.75) is 62.4 Å². The van der Waals surface area contributed by atoms with Gasteiger partial charge in [-0.25, -0.2) is 0 Å². The number of phenols is 1. The van der Waals surface area contributed by atoms with Crippen molar-refractivity contribution in [2.24, 2.45) is 17.3 Å². The van der Waals surface area contributed by atoms with E-state index >= 15 is 0 Å². The summed E-state index contributed by atoms with van der Waals surface area (Å²) in [6, 6.07) is 2.81. The highest BCUT2D eigenvalue weighted by molar-refractivity contribution is 7.85. The van der Waals surface area contributed by atoms with Crippen LogP contribution in [0.2, 0.25) is 0 Å². The minimum Gasteiger partial charge on any atom is -0.508 e. The van der Waals surface area contributed by atoms with Crippen LogP contribution in [-0.2, 0) is 16.5 Å². The Kier molecular flexibility index (Phi) is 3.54. The number of hydrogen-bond acceptors (Lipinski definition) is 4. The van der Waals surface area contributed by atoms with E-state index in [0.717, 1.165) is 37.7 Å². The van der Waals surface area contributed by atoms with Crippen LogP contribution in [0.25, 0.3) is 0 Å². The standard InChI is InChI=1S/C18H24O5S/c1-18-7-6-13-12(14(18)4-5-16(18)20)3-2-10-8-11(19)9-15(17(10)13)24(21,22)23/h8-9,12-14,16,19-20H,2-7H2,1H3,(H,21,22,23)/t12-,13-,14-,16-,18-/m0/s1. The molecule has 0 aromatic heterocycles. The Morgan fingerprint density at radius 3 is 2.62 bits per heavy atom. The smallest absolute Gasteiger partial charge is 0.294 e. The van der Waals surface area contributed by atoms with Crippen LogP contribution >= 0.6 is 0 Å². The molecule has 2 saturated carbocycles. The van der Waals surface area contributed by atoms with E-state index in [1.165, 1.54) is 6.07 Å². The second kappa shape index (κ2) is 5.19. The van der Waals surface area contributed by atoms with E-state index in [4.69, 9.17) is 0 Å². The molecule has 0 saturated heterocycles. The Labute approximate surface area is 142 Å². The Morgan fingerprint density at radius 1 is 1.17 bits per heavy atom. The SMILES string of the molecule is C[C@]12CC[C@@H]3c4c(cc(O)cc4S(=O)(=O)O)CC[C@@H]3[C@@H]1CC[C@@H]2O. The fourth-order valence-corrected chi connectivity index (χ4v) is 6.68. The van der Waals surface area contributed by atoms with E-state index in [-0.39, 0.29) is 28.1 Å². The summed E-state index contributed by atoms with van der Waals surface area (Å²) in [6.07, 6.45) is 4.85. The molecule has 0 unspecified atom stereocenters. The molecule has 5 nitrogen and oxygen atoms in total. The fourth-order valence-electron chi connectivity index (χ4n) is 5.85. The first kappa shape index (κ1) is 16.4. The minimum atomic E-state index is -4.37. The van der Waals surface area contributed by atoms with Crippen molar-refractivity contribution >= 4 is 10.1 Å². The summed E-state index contributed by atoms with van der Waals surface area (Å²) in [5.74, 6) is 0.687. The van der Waals surface area contributed by atoms with Crippen molar-refractivity contribution < 1.29 is 23.2 Å². The molecule has 2 fully saturated rings. The molecule has 0 aliphatic heterocycles. The van der Waals surface area contributed by atoms with Crippen LogP contribution in [-0.4, -0.2) is 29.3 Å². The van der Waals surface area contributed by atoms with Gasteiger partial charge in [0.25, 0.3) is 10.1 Å². The van der Waals surface area contributed by atoms with E-state index < -0.39 is 10.1 Å². The van der Waals surface area contributed by atoms with Crippen LogP contribution in [0.15, 0.2) is 17.0 Å². The molecule has 3 N–H and O–H groups in total. The normalized spacial score (nSPS) is 38.3. The average molecular weight is 352 g/mol. The summed E-state index contributed by atoms with van der Waals surface area (Å²) in [5, 5.41) is 20.3. The van der Waals surface area contributed by atoms with E-state index in [1.807, 2.05) is 0 Å². The van der Waals surface area contributed by atoms with Crippen LogP contribution < -0.4 is 0 Å². The van der Waals surface area contributed by atoms with E-state index in [9.17, 15) is 23.2 Å². The molecule has 132 valence electrons. The molecule has 0 heterocycles. The Balaban J connectivity index is 1.83. The van der Waals surface area contributed by atoms with Gasteiger partial charge in [-0.2, -0.15) is 8.42 Å². The lowest BCUT2D eigenvalue weighted by atomic mass is 9.55. The molecule has 3 aliphatic rings. The van der Waals surface area contributed by atoms with Gasteiger partial charge in [0.1, 0.15) is 10.6 Å². The average Bonchev–Trinajstić information content (AvgIpc) is 2.81. The van der Waals surface area contributed by atoms with Gasteiger partial charge < -0.3 is 10.2 Å². The third-order valence-electron chi connectivity index (χ3n) is 7.00. The van der Waals surface area contributed by atoms with Crippen LogP contribution in [0.1, 0.15) is 56.1 Å². The molecule has 4 rings (SSSR count). The maximum Gasteiger partial charge on any atom is 0.294 e. The summed E-state index contributed by atoms with van der Waals surface area (Å²) in [6.45, 7) is 2.17. The second-order valence-electron chi connectivity index (χ2n) is 8.04. The number of aromatic hydroxyl groups is 1. The first-order valence-corrected chi connectivity index (χ1v) is 10.2. The van der Waals surface area contributed by atoms with Gasteiger partial charge in [-0.05, 0) is 78.9 Å². The first-order valence-electron chi connectivity index (χ1n) is 8.73. The largest absolute Gasteiger partial charge is 0.508 e. The fraction of sp³-hybridized carbons (Fsp3) is 0.667. The summed E-state index contributed by atoms with van der Waals surface area (Å²) in [5.41, 5.74) is 1.47. The lowest BCUT2D eigenvalue weighted by molar-refractivity contribution is -0.0230. The molecule has 1 aromatic carbocycles. The molecule has 0 radical (unpaired) electrons. The van der Waals surface area contributed by atoms with Crippen LogP contribution in [0, 0.1) is 17.3 Å². The maximum atomic E-state index is 11.9. The summed E-state index contributed by atoms with van der Waals surface area (Å²) in [4.78, 5) is -0.130. The maximum absolute atomic E-state index is 11.9. The van der Waals surface area contributed by atoms with E-state index in [2.05, 4.69) is 6.92 Å². The van der Waals surface area contributed by atoms with Crippen molar-refractivity contribution in [1.29, 1.82) is 0 Å². The third kappa shape index (κ3) is 2.23. The van der Waals surface area contributed by atoms with Gasteiger partial charge >= 0.3 is 0 Å². The number of aryl methyl sites for hydroxylation is 1. The molecule has 6 heteroatoms. The van der Waals surface area contributed by atoms with Gasteiger partial charge in [0, 0.05) is 6.07 Å². The summed E-state index contributed by atoms with van der Waals surface area (Å²) < 4.78 is 33.4. The molecule has 0 bridgehead atoms. The van der Waals surface area contributed by atoms with Gasteiger partial charge in [-0.15, -0.1) is 0 Å². The van der Waals surface area contributed by atoms with Crippen LogP contribution in [0.4, 0.5) is 0 Å². The zero-order valence-electron chi connectivity index (χ0n) is 13.8. The number of fused-ring (bicyclic) bond motifs is 5. The molecule has 24 heavy (non-hydrogen) atoms. The second-order valence-corrected chi connectivity index (χ2v) is 9.43. The topological polar surface area (TPSA) is 94.8 Å². The van der Waals surface area contributed by atoms with Gasteiger partial charge in [0.2, 0.25) is 0 Å². The van der Waals surface area contributed by atoms with Crippen molar-refractivity contribution in [2.75, 3.05) is 0 Å². The third-order valence-corrected chi connectivity index (χ3v) is 7.89. The highest BCUT2D eigenvalue weighted by Crippen LogP contribution is 2.61. The molecular formula is C18H24O5S. The van der Waals surface area contributed by atoms with Gasteiger partial charge in [-0.3, -0.25) is 4.55 Å². The number of aliphatic hydroxyl groups excluding tert-OH is 1. The zero-order chi connectivity index (χ0) is 17.3. The van der Waals surface area contributed by atoms with Gasteiger partial charge in [0.05, 0.1) is 6.10 Å². The highest BCUT2D eigenvalue weighted by Gasteiger charge is 2.55. The lowest BCUT2D eigenvalue weighted by Crippen LogP contribution is -2.44. The number of hydrogen-bond donors (Lipinski definition) is 3. The number of rotatable bonds is 1. The van der Waals surface area contributed by atoms with Crippen molar-refractivity contribution in [3.8, 4) is 5.75 Å². The molecule has 1 aromatic rings. The lowest BCUT2D eigenvalue weighted by Gasteiger charge is -2.50. The van der Waals surface area contributed by atoms with Crippen molar-refractivity contribution in [1.82, 2.24) is 0 Å². The number of phenolic OH excluding ortho intramolecular Hbond substituents is 1. The zero-order valence-corrected chi connectivity index (χ0v) is 14.6. The predicted molar refractivity (Wildman–Crippen MR) is 88.5 cm³/mol. The highest BCUT2D eigenvalue weighted by atomic mass is 32.2. The van der Waals surface area contributed by atoms with Gasteiger partial charge in [-0.1, -0.05) is 6.92 Å². The number of benzene rings is 1. The monoisotopic (exact) mass is 352 g/mol. The van der Waals surface area contributed by atoms with Crippen LogP contribution in [0.3, 0.4) is 0 Å². The van der Waals surface area contributed by atoms with Gasteiger partial charge in [0.15, 0.2) is 0 Å². The Morgan fingerprint density at radius 2 is 1.92 bits per heavy atom. The van der Waals surface area contributed by atoms with E-state index in [1.54, 1.807) is 6.07 Å². The predicted octanol–water partition coefficient (Wildman–Crippen LogP) is 2.86. The van der Waals surface area contributed by atoms with Crippen LogP contribution in [0.5, 0.6) is 5.75 Å². The Hall–Kier alpha value is -1.11. The summed E-state index contributed by atoms with van der Waals surface area (Å²) >= 11 is 0. The van der Waals surface area contributed by atoms with Crippen molar-refractivity contribution in [3.63, 3.8) is 0 Å². The molecule has 3 aliphatic carbocycles.